The van der Waals surface area contributed by atoms with Gasteiger partial charge >= 0.3 is 0 Å². The summed E-state index contributed by atoms with van der Waals surface area (Å²) in [5.41, 5.74) is 0.700. The van der Waals surface area contributed by atoms with Crippen LogP contribution in [0.2, 0.25) is 0 Å². The molecule has 1 atom stereocenters. The average molecular weight is 276 g/mol. The molecular formula is C18H28O2. The number of carbonyl (C=O) groups excluding carboxylic acids is 1. The zero-order chi connectivity index (χ0) is 14.6. The Balaban J connectivity index is 2.08. The molecule has 1 rings (SSSR count). The summed E-state index contributed by atoms with van der Waals surface area (Å²) in [6.07, 6.45) is 9.17. The van der Waals surface area contributed by atoms with Crippen LogP contribution in [-0.2, 0) is 0 Å². The predicted molar refractivity (Wildman–Crippen MR) is 84.0 cm³/mol. The molecule has 0 bridgehead atoms. The molecule has 0 aliphatic rings. The first-order chi connectivity index (χ1) is 9.74. The van der Waals surface area contributed by atoms with E-state index < -0.39 is 6.10 Å². The van der Waals surface area contributed by atoms with Gasteiger partial charge < -0.3 is 5.11 Å². The van der Waals surface area contributed by atoms with E-state index >= 15 is 0 Å². The Morgan fingerprint density at radius 1 is 1.00 bits per heavy atom. The van der Waals surface area contributed by atoms with Crippen molar-refractivity contribution in [1.82, 2.24) is 0 Å². The highest BCUT2D eigenvalue weighted by molar-refractivity contribution is 5.96. The Bertz CT molecular complexity index is 359. The van der Waals surface area contributed by atoms with Crippen LogP contribution >= 0.6 is 0 Å². The largest absolute Gasteiger partial charge is 0.393 e. The highest BCUT2D eigenvalue weighted by Gasteiger charge is 2.12. The fourth-order valence-electron chi connectivity index (χ4n) is 2.40. The lowest BCUT2D eigenvalue weighted by Crippen LogP contribution is -2.13. The number of aliphatic hydroxyl groups is 1. The Morgan fingerprint density at radius 2 is 1.60 bits per heavy atom. The molecule has 1 aromatic carbocycles. The van der Waals surface area contributed by atoms with E-state index in [9.17, 15) is 9.90 Å². The first-order valence-corrected chi connectivity index (χ1v) is 8.00. The number of carbonyl (C=O) groups is 1. The topological polar surface area (TPSA) is 37.3 Å². The Hall–Kier alpha value is -1.15. The number of ketones is 1. The van der Waals surface area contributed by atoms with Crippen molar-refractivity contribution >= 4 is 5.78 Å². The van der Waals surface area contributed by atoms with Crippen LogP contribution in [0.3, 0.4) is 0 Å². The molecule has 2 heteroatoms. The molecule has 0 aliphatic heterocycles. The fourth-order valence-corrected chi connectivity index (χ4v) is 2.40. The number of aliphatic hydroxyl groups excluding tert-OH is 1. The first kappa shape index (κ1) is 16.9. The molecule has 0 saturated heterocycles. The summed E-state index contributed by atoms with van der Waals surface area (Å²) in [5.74, 6) is 0.0426. The standard InChI is InChI=1S/C18H28O2/c1-2-3-4-5-6-7-11-14-17(19)15-18(20)16-12-9-8-10-13-16/h8-10,12-13,17,19H,2-7,11,14-15H2,1H3. The number of hydrogen-bond acceptors (Lipinski definition) is 2. The molecule has 0 aliphatic carbocycles. The monoisotopic (exact) mass is 276 g/mol. The molecule has 0 heterocycles. The molecule has 0 radical (unpaired) electrons. The maximum absolute atomic E-state index is 11.9. The molecular weight excluding hydrogens is 248 g/mol. The first-order valence-electron chi connectivity index (χ1n) is 8.00. The smallest absolute Gasteiger partial charge is 0.165 e. The molecule has 1 unspecified atom stereocenters. The minimum Gasteiger partial charge on any atom is -0.393 e. The minimum atomic E-state index is -0.488. The number of rotatable bonds is 11. The second-order valence-electron chi connectivity index (χ2n) is 5.56. The van der Waals surface area contributed by atoms with Gasteiger partial charge in [-0.15, -0.1) is 0 Å². The van der Waals surface area contributed by atoms with Gasteiger partial charge in [-0.3, -0.25) is 4.79 Å². The summed E-state index contributed by atoms with van der Waals surface area (Å²) in [7, 11) is 0. The Kier molecular flexibility index (Phi) is 8.97. The molecule has 0 fully saturated rings. The third kappa shape index (κ3) is 7.44. The molecule has 0 saturated carbocycles. The second kappa shape index (κ2) is 10.6. The zero-order valence-electron chi connectivity index (χ0n) is 12.7. The van der Waals surface area contributed by atoms with Gasteiger partial charge in [0, 0.05) is 12.0 Å². The third-order valence-corrected chi connectivity index (χ3v) is 3.66. The van der Waals surface area contributed by atoms with Crippen LogP contribution in [0.1, 0.15) is 75.1 Å². The van der Waals surface area contributed by atoms with Crippen molar-refractivity contribution in [2.45, 2.75) is 70.8 Å². The Morgan fingerprint density at radius 3 is 2.25 bits per heavy atom. The molecule has 1 aromatic rings. The highest BCUT2D eigenvalue weighted by atomic mass is 16.3. The highest BCUT2D eigenvalue weighted by Crippen LogP contribution is 2.13. The van der Waals surface area contributed by atoms with E-state index in [1.807, 2.05) is 30.3 Å². The molecule has 0 aromatic heterocycles. The van der Waals surface area contributed by atoms with Gasteiger partial charge in [0.1, 0.15) is 0 Å². The van der Waals surface area contributed by atoms with Crippen molar-refractivity contribution < 1.29 is 9.90 Å². The maximum atomic E-state index is 11.9. The lowest BCUT2D eigenvalue weighted by atomic mass is 10.0. The van der Waals surface area contributed by atoms with Crippen molar-refractivity contribution in [2.24, 2.45) is 0 Å². The minimum absolute atomic E-state index is 0.0426. The van der Waals surface area contributed by atoms with Gasteiger partial charge in [-0.1, -0.05) is 82.2 Å². The van der Waals surface area contributed by atoms with Gasteiger partial charge in [-0.05, 0) is 6.42 Å². The molecule has 0 amide bonds. The second-order valence-corrected chi connectivity index (χ2v) is 5.56. The predicted octanol–water partition coefficient (Wildman–Crippen LogP) is 4.76. The Labute approximate surface area is 123 Å². The lowest BCUT2D eigenvalue weighted by molar-refractivity contribution is 0.0864. The summed E-state index contributed by atoms with van der Waals surface area (Å²) in [4.78, 5) is 11.9. The van der Waals surface area contributed by atoms with E-state index in [1.165, 1.54) is 38.5 Å². The summed E-state index contributed by atoms with van der Waals surface area (Å²) in [6, 6.07) is 9.23. The van der Waals surface area contributed by atoms with Gasteiger partial charge in [-0.25, -0.2) is 0 Å². The van der Waals surface area contributed by atoms with E-state index in [0.29, 0.717) is 5.56 Å². The average Bonchev–Trinajstić information content (AvgIpc) is 2.47. The number of unbranched alkanes of at least 4 members (excludes halogenated alkanes) is 6. The quantitative estimate of drug-likeness (QED) is 0.467. The number of Topliss-reactive ketones (excluding diaryl/α,β-unsaturated/α-hetero) is 1. The molecule has 20 heavy (non-hydrogen) atoms. The molecule has 112 valence electrons. The summed E-state index contributed by atoms with van der Waals surface area (Å²) >= 11 is 0. The van der Waals surface area contributed by atoms with Crippen molar-refractivity contribution in [2.75, 3.05) is 0 Å². The van der Waals surface area contributed by atoms with Gasteiger partial charge in [0.05, 0.1) is 6.10 Å². The van der Waals surface area contributed by atoms with Crippen LogP contribution in [0.4, 0.5) is 0 Å². The van der Waals surface area contributed by atoms with Crippen LogP contribution in [0.15, 0.2) is 30.3 Å². The van der Waals surface area contributed by atoms with E-state index in [0.717, 1.165) is 12.8 Å². The van der Waals surface area contributed by atoms with E-state index in [2.05, 4.69) is 6.92 Å². The SMILES string of the molecule is CCCCCCCCCC(O)CC(=O)c1ccccc1. The number of hydrogen-bond donors (Lipinski definition) is 1. The summed E-state index contributed by atoms with van der Waals surface area (Å²) < 4.78 is 0. The molecule has 0 spiro atoms. The van der Waals surface area contributed by atoms with E-state index in [4.69, 9.17) is 0 Å². The van der Waals surface area contributed by atoms with Crippen molar-refractivity contribution in [1.29, 1.82) is 0 Å². The molecule has 1 N–H and O–H groups in total. The lowest BCUT2D eigenvalue weighted by Gasteiger charge is -2.09. The number of benzene rings is 1. The normalized spacial score (nSPS) is 12.3. The van der Waals surface area contributed by atoms with Crippen LogP contribution in [0.5, 0.6) is 0 Å². The van der Waals surface area contributed by atoms with Crippen LogP contribution < -0.4 is 0 Å². The van der Waals surface area contributed by atoms with Crippen molar-refractivity contribution in [3.05, 3.63) is 35.9 Å². The maximum Gasteiger partial charge on any atom is 0.165 e. The summed E-state index contributed by atoms with van der Waals surface area (Å²) in [5, 5.41) is 9.90. The van der Waals surface area contributed by atoms with Crippen LogP contribution in [-0.4, -0.2) is 17.0 Å². The van der Waals surface area contributed by atoms with Gasteiger partial charge in [-0.2, -0.15) is 0 Å². The molecule has 2 nitrogen and oxygen atoms in total. The van der Waals surface area contributed by atoms with Crippen molar-refractivity contribution in [3.8, 4) is 0 Å². The van der Waals surface area contributed by atoms with Crippen LogP contribution in [0.25, 0.3) is 0 Å². The summed E-state index contributed by atoms with van der Waals surface area (Å²) in [6.45, 7) is 2.22. The van der Waals surface area contributed by atoms with Crippen LogP contribution in [0, 0.1) is 0 Å². The van der Waals surface area contributed by atoms with Gasteiger partial charge in [0.2, 0.25) is 0 Å². The van der Waals surface area contributed by atoms with E-state index in [1.54, 1.807) is 0 Å². The third-order valence-electron chi connectivity index (χ3n) is 3.66. The fraction of sp³-hybridized carbons (Fsp3) is 0.611. The van der Waals surface area contributed by atoms with Gasteiger partial charge in [0.25, 0.3) is 0 Å². The van der Waals surface area contributed by atoms with E-state index in [-0.39, 0.29) is 12.2 Å². The zero-order valence-corrected chi connectivity index (χ0v) is 12.7. The van der Waals surface area contributed by atoms with Gasteiger partial charge in [0.15, 0.2) is 5.78 Å². The van der Waals surface area contributed by atoms with Crippen molar-refractivity contribution in [3.63, 3.8) is 0 Å².